The lowest BCUT2D eigenvalue weighted by atomic mass is 10.4. The number of nitrogens with zero attached hydrogens (tertiary/aromatic N) is 3. The normalized spacial score (nSPS) is 10.3. The van der Waals surface area contributed by atoms with Crippen molar-refractivity contribution in [1.29, 1.82) is 0 Å². The summed E-state index contributed by atoms with van der Waals surface area (Å²) in [5.74, 6) is 5.21. The Morgan fingerprint density at radius 3 is 3.18 bits per heavy atom. The molecule has 0 saturated carbocycles. The topological polar surface area (TPSA) is 68.2 Å². The maximum absolute atomic E-state index is 5.21. The quantitative estimate of drug-likeness (QED) is 0.443. The summed E-state index contributed by atoms with van der Waals surface area (Å²) in [7, 11) is 0. The van der Waals surface area contributed by atoms with Crippen LogP contribution in [0, 0.1) is 0 Å². The maximum Gasteiger partial charge on any atom is 0.160 e. The highest BCUT2D eigenvalue weighted by Crippen LogP contribution is 2.06. The van der Waals surface area contributed by atoms with Crippen molar-refractivity contribution in [3.63, 3.8) is 0 Å². The van der Waals surface area contributed by atoms with Crippen molar-refractivity contribution < 1.29 is 0 Å². The first kappa shape index (κ1) is 6.11. The van der Waals surface area contributed by atoms with Crippen LogP contribution in [0.15, 0.2) is 24.7 Å². The Morgan fingerprint density at radius 2 is 2.36 bits per heavy atom. The second kappa shape index (κ2) is 2.21. The van der Waals surface area contributed by atoms with Crippen LogP contribution in [-0.2, 0) is 0 Å². The third kappa shape index (κ3) is 0.908. The van der Waals surface area contributed by atoms with Gasteiger partial charge in [-0.05, 0) is 12.1 Å². The highest BCUT2D eigenvalue weighted by atomic mass is 15.2. The molecule has 0 saturated heterocycles. The summed E-state index contributed by atoms with van der Waals surface area (Å²) in [6.45, 7) is 0. The van der Waals surface area contributed by atoms with Crippen molar-refractivity contribution in [1.82, 2.24) is 14.6 Å². The van der Waals surface area contributed by atoms with Crippen molar-refractivity contribution in [3.8, 4) is 0 Å². The number of anilines is 1. The third-order valence-corrected chi connectivity index (χ3v) is 1.46. The second-order valence-corrected chi connectivity index (χ2v) is 2.16. The van der Waals surface area contributed by atoms with Crippen LogP contribution < -0.4 is 11.3 Å². The zero-order chi connectivity index (χ0) is 7.68. The summed E-state index contributed by atoms with van der Waals surface area (Å²) in [5, 5.41) is 7.56. The number of nitrogens with two attached hydrogens (primary N) is 1. The van der Waals surface area contributed by atoms with E-state index in [1.54, 1.807) is 10.7 Å². The van der Waals surface area contributed by atoms with Crippen molar-refractivity contribution >= 4 is 11.3 Å². The molecule has 0 radical (unpaired) electrons. The van der Waals surface area contributed by atoms with Gasteiger partial charge in [-0.2, -0.15) is 0 Å². The maximum atomic E-state index is 5.21. The summed E-state index contributed by atoms with van der Waals surface area (Å²) in [6.07, 6.45) is 3.44. The van der Waals surface area contributed by atoms with Crippen molar-refractivity contribution in [2.75, 3.05) is 5.43 Å². The molecule has 2 aromatic heterocycles. The molecule has 0 unspecified atom stereocenters. The molecule has 0 bridgehead atoms. The molecule has 5 heteroatoms. The van der Waals surface area contributed by atoms with Crippen LogP contribution in [0.1, 0.15) is 0 Å². The predicted molar refractivity (Wildman–Crippen MR) is 40.8 cm³/mol. The molecule has 56 valence electrons. The number of hydrogen-bond acceptors (Lipinski definition) is 4. The number of hydrogen-bond donors (Lipinski definition) is 2. The highest BCUT2D eigenvalue weighted by molar-refractivity contribution is 5.48. The van der Waals surface area contributed by atoms with Gasteiger partial charge in [0.05, 0.1) is 5.69 Å². The molecule has 11 heavy (non-hydrogen) atoms. The van der Waals surface area contributed by atoms with Gasteiger partial charge in [0.1, 0.15) is 6.33 Å². The van der Waals surface area contributed by atoms with Gasteiger partial charge in [-0.3, -0.25) is 10.2 Å². The lowest BCUT2D eigenvalue weighted by Gasteiger charge is -1.98. The number of nitrogen functional groups attached to an aromatic ring is 1. The molecule has 0 aliphatic heterocycles. The van der Waals surface area contributed by atoms with Gasteiger partial charge in [0.25, 0.3) is 0 Å². The van der Waals surface area contributed by atoms with Crippen LogP contribution in [0.25, 0.3) is 5.65 Å². The smallest absolute Gasteiger partial charge is 0.160 e. The van der Waals surface area contributed by atoms with Crippen molar-refractivity contribution in [3.05, 3.63) is 24.7 Å². The first-order valence-corrected chi connectivity index (χ1v) is 3.16. The van der Waals surface area contributed by atoms with E-state index in [-0.39, 0.29) is 0 Å². The molecular formula is C6H7N5. The standard InChI is InChI=1S/C6H7N5/c7-9-5-1-2-6-10-8-4-11(6)3-5/h1-4,9H,7H2. The predicted octanol–water partition coefficient (Wildman–Crippen LogP) is 0.0149. The summed E-state index contributed by atoms with van der Waals surface area (Å²) in [5.41, 5.74) is 4.17. The fraction of sp³-hybridized carbons (Fsp3) is 0. The van der Waals surface area contributed by atoms with Gasteiger partial charge >= 0.3 is 0 Å². The zero-order valence-corrected chi connectivity index (χ0v) is 5.73. The lowest BCUT2D eigenvalue weighted by molar-refractivity contribution is 1.10. The van der Waals surface area contributed by atoms with E-state index in [0.29, 0.717) is 0 Å². The van der Waals surface area contributed by atoms with E-state index >= 15 is 0 Å². The van der Waals surface area contributed by atoms with Crippen LogP contribution in [0.3, 0.4) is 0 Å². The van der Waals surface area contributed by atoms with E-state index in [1.165, 1.54) is 0 Å². The van der Waals surface area contributed by atoms with Crippen LogP contribution in [-0.4, -0.2) is 14.6 Å². The Labute approximate surface area is 62.8 Å². The van der Waals surface area contributed by atoms with Gasteiger partial charge in [-0.1, -0.05) is 0 Å². The number of pyridine rings is 1. The van der Waals surface area contributed by atoms with Gasteiger partial charge in [0.2, 0.25) is 0 Å². The fourth-order valence-electron chi connectivity index (χ4n) is 0.913. The first-order valence-electron chi connectivity index (χ1n) is 3.16. The second-order valence-electron chi connectivity index (χ2n) is 2.16. The average molecular weight is 149 g/mol. The van der Waals surface area contributed by atoms with E-state index in [4.69, 9.17) is 5.84 Å². The third-order valence-electron chi connectivity index (χ3n) is 1.46. The summed E-state index contributed by atoms with van der Waals surface area (Å²) < 4.78 is 1.79. The van der Waals surface area contributed by atoms with Crippen LogP contribution >= 0.6 is 0 Å². The molecule has 3 N–H and O–H groups in total. The minimum atomic E-state index is 0.809. The monoisotopic (exact) mass is 149 g/mol. The van der Waals surface area contributed by atoms with Crippen molar-refractivity contribution in [2.24, 2.45) is 5.84 Å². The number of hydrazine groups is 1. The van der Waals surface area contributed by atoms with Gasteiger partial charge in [-0.15, -0.1) is 10.2 Å². The van der Waals surface area contributed by atoms with E-state index in [1.807, 2.05) is 18.3 Å². The zero-order valence-electron chi connectivity index (χ0n) is 5.73. The average Bonchev–Trinajstić information content (AvgIpc) is 2.50. The Kier molecular flexibility index (Phi) is 1.23. The lowest BCUT2D eigenvalue weighted by Crippen LogP contribution is -2.06. The van der Waals surface area contributed by atoms with Gasteiger partial charge in [0, 0.05) is 6.20 Å². The molecule has 0 aliphatic carbocycles. The van der Waals surface area contributed by atoms with Crippen molar-refractivity contribution in [2.45, 2.75) is 0 Å². The number of rotatable bonds is 1. The molecule has 0 amide bonds. The largest absolute Gasteiger partial charge is 0.323 e. The van der Waals surface area contributed by atoms with E-state index in [0.717, 1.165) is 11.3 Å². The van der Waals surface area contributed by atoms with E-state index in [9.17, 15) is 0 Å². The molecule has 2 rings (SSSR count). The first-order chi connectivity index (χ1) is 5.40. The summed E-state index contributed by atoms with van der Waals surface area (Å²) in [6, 6.07) is 3.67. The molecule has 5 nitrogen and oxygen atoms in total. The van der Waals surface area contributed by atoms with Crippen LogP contribution in [0.5, 0.6) is 0 Å². The van der Waals surface area contributed by atoms with Crippen LogP contribution in [0.2, 0.25) is 0 Å². The summed E-state index contributed by atoms with van der Waals surface area (Å²) >= 11 is 0. The minimum Gasteiger partial charge on any atom is -0.323 e. The molecule has 0 aromatic carbocycles. The van der Waals surface area contributed by atoms with Gasteiger partial charge in [0.15, 0.2) is 5.65 Å². The molecular weight excluding hydrogens is 142 g/mol. The molecule has 2 aromatic rings. The molecule has 0 spiro atoms. The van der Waals surface area contributed by atoms with Crippen LogP contribution in [0.4, 0.5) is 5.69 Å². The number of aromatic nitrogens is 3. The SMILES string of the molecule is NNc1ccc2nncn2c1. The van der Waals surface area contributed by atoms with E-state index < -0.39 is 0 Å². The molecule has 2 heterocycles. The molecule has 0 atom stereocenters. The molecule has 0 fully saturated rings. The number of nitrogens with one attached hydrogen (secondary N) is 1. The Morgan fingerprint density at radius 1 is 1.45 bits per heavy atom. The number of fused-ring (bicyclic) bond motifs is 1. The molecule has 0 aliphatic rings. The van der Waals surface area contributed by atoms with Gasteiger partial charge < -0.3 is 5.43 Å². The minimum absolute atomic E-state index is 0.809. The van der Waals surface area contributed by atoms with E-state index in [2.05, 4.69) is 15.6 Å². The Bertz CT molecular complexity index is 366. The fourth-order valence-corrected chi connectivity index (χ4v) is 0.913. The summed E-state index contributed by atoms with van der Waals surface area (Å²) in [4.78, 5) is 0. The highest BCUT2D eigenvalue weighted by Gasteiger charge is 1.93. The Balaban J connectivity index is 2.67. The van der Waals surface area contributed by atoms with Gasteiger partial charge in [-0.25, -0.2) is 0 Å². The Hall–Kier alpha value is -1.62.